The minimum atomic E-state index is -0.943. The van der Waals surface area contributed by atoms with Gasteiger partial charge in [0.15, 0.2) is 0 Å². The summed E-state index contributed by atoms with van der Waals surface area (Å²) in [6.07, 6.45) is 1.04. The van der Waals surface area contributed by atoms with E-state index in [2.05, 4.69) is 0 Å². The summed E-state index contributed by atoms with van der Waals surface area (Å²) in [6, 6.07) is 5.10. The van der Waals surface area contributed by atoms with Crippen molar-refractivity contribution in [2.75, 3.05) is 25.7 Å². The van der Waals surface area contributed by atoms with E-state index in [0.717, 1.165) is 0 Å². The number of benzene rings is 1. The van der Waals surface area contributed by atoms with Gasteiger partial charge in [-0.3, -0.25) is 9.59 Å². The number of nitrogens with zero attached hydrogens (tertiary/aromatic N) is 1. The van der Waals surface area contributed by atoms with Crippen LogP contribution >= 0.6 is 0 Å². The quantitative estimate of drug-likeness (QED) is 0.798. The van der Waals surface area contributed by atoms with E-state index in [9.17, 15) is 9.59 Å². The number of carbonyl (C=O) groups excluding carboxylic acids is 1. The van der Waals surface area contributed by atoms with E-state index in [4.69, 9.17) is 14.6 Å². The zero-order valence-corrected chi connectivity index (χ0v) is 13.5. The van der Waals surface area contributed by atoms with E-state index in [1.54, 1.807) is 32.2 Å². The Morgan fingerprint density at radius 2 is 1.95 bits per heavy atom. The first kappa shape index (κ1) is 17.8. The van der Waals surface area contributed by atoms with Crippen molar-refractivity contribution in [2.24, 2.45) is 5.92 Å². The summed E-state index contributed by atoms with van der Waals surface area (Å²) in [6.45, 7) is 3.57. The molecule has 1 amide bonds. The largest absolute Gasteiger partial charge is 0.497 e. The van der Waals surface area contributed by atoms with Gasteiger partial charge in [0.2, 0.25) is 5.91 Å². The Balaban J connectivity index is 3.19. The highest BCUT2D eigenvalue weighted by Gasteiger charge is 2.24. The van der Waals surface area contributed by atoms with Crippen LogP contribution in [0.1, 0.15) is 26.7 Å². The monoisotopic (exact) mass is 309 g/mol. The number of hydrogen-bond donors (Lipinski definition) is 1. The number of carboxylic acids is 1. The van der Waals surface area contributed by atoms with E-state index >= 15 is 0 Å². The molecule has 0 bridgehead atoms. The second kappa shape index (κ2) is 8.26. The molecule has 0 fully saturated rings. The zero-order valence-electron chi connectivity index (χ0n) is 13.5. The maximum Gasteiger partial charge on any atom is 0.308 e. The molecule has 0 saturated carbocycles. The lowest BCUT2D eigenvalue weighted by Gasteiger charge is -2.26. The fourth-order valence-electron chi connectivity index (χ4n) is 2.04. The Bertz CT molecular complexity index is 529. The second-order valence-corrected chi connectivity index (χ2v) is 5.03. The number of aliphatic carboxylic acids is 1. The first-order valence-electron chi connectivity index (χ1n) is 7.19. The summed E-state index contributed by atoms with van der Waals surface area (Å²) in [7, 11) is 3.04. The average Bonchev–Trinajstić information content (AvgIpc) is 2.51. The van der Waals surface area contributed by atoms with Gasteiger partial charge in [-0.25, -0.2) is 0 Å². The molecule has 1 N–H and O–H groups in total. The number of anilines is 1. The Hall–Kier alpha value is -2.24. The van der Waals surface area contributed by atoms with Crippen LogP contribution in [-0.4, -0.2) is 37.7 Å². The van der Waals surface area contributed by atoms with Crippen LogP contribution in [-0.2, 0) is 9.59 Å². The smallest absolute Gasteiger partial charge is 0.308 e. The number of hydrogen-bond acceptors (Lipinski definition) is 4. The Labute approximate surface area is 130 Å². The van der Waals surface area contributed by atoms with Crippen LogP contribution in [0.5, 0.6) is 11.5 Å². The molecule has 0 aliphatic heterocycles. The van der Waals surface area contributed by atoms with Gasteiger partial charge >= 0.3 is 5.97 Å². The molecular formula is C16H23NO5. The predicted octanol–water partition coefficient (Wildman–Crippen LogP) is 2.56. The molecule has 6 nitrogen and oxygen atoms in total. The molecular weight excluding hydrogens is 286 g/mol. The fourth-order valence-corrected chi connectivity index (χ4v) is 2.04. The SMILES string of the molecule is CCCC(=O)N(CC(C)C(=O)O)c1ccc(OC)cc1OC. The first-order chi connectivity index (χ1) is 10.4. The van der Waals surface area contributed by atoms with Crippen LogP contribution < -0.4 is 14.4 Å². The third-order valence-corrected chi connectivity index (χ3v) is 3.32. The molecule has 1 aromatic rings. The standard InChI is InChI=1S/C16H23NO5/c1-5-6-15(18)17(10-11(2)16(19)20)13-8-7-12(21-3)9-14(13)22-4/h7-9,11H,5-6,10H2,1-4H3,(H,19,20). The summed E-state index contributed by atoms with van der Waals surface area (Å²) in [5, 5.41) is 9.11. The molecule has 0 radical (unpaired) electrons. The van der Waals surface area contributed by atoms with Crippen LogP contribution in [0.15, 0.2) is 18.2 Å². The molecule has 0 aliphatic carbocycles. The fraction of sp³-hybridized carbons (Fsp3) is 0.500. The molecule has 122 valence electrons. The van der Waals surface area contributed by atoms with Gasteiger partial charge in [0.25, 0.3) is 0 Å². The van der Waals surface area contributed by atoms with Gasteiger partial charge in [-0.1, -0.05) is 13.8 Å². The molecule has 1 aromatic carbocycles. The van der Waals surface area contributed by atoms with Crippen molar-refractivity contribution in [1.29, 1.82) is 0 Å². The Morgan fingerprint density at radius 1 is 1.27 bits per heavy atom. The van der Waals surface area contributed by atoms with Gasteiger partial charge in [0, 0.05) is 19.0 Å². The van der Waals surface area contributed by atoms with Crippen molar-refractivity contribution in [2.45, 2.75) is 26.7 Å². The topological polar surface area (TPSA) is 76.1 Å². The van der Waals surface area contributed by atoms with Crippen molar-refractivity contribution < 1.29 is 24.2 Å². The highest BCUT2D eigenvalue weighted by molar-refractivity contribution is 5.95. The average molecular weight is 309 g/mol. The van der Waals surface area contributed by atoms with E-state index in [0.29, 0.717) is 30.0 Å². The van der Waals surface area contributed by atoms with Gasteiger partial charge in [-0.2, -0.15) is 0 Å². The summed E-state index contributed by atoms with van der Waals surface area (Å²) < 4.78 is 10.5. The Morgan fingerprint density at radius 3 is 2.45 bits per heavy atom. The van der Waals surface area contributed by atoms with Gasteiger partial charge in [0.1, 0.15) is 11.5 Å². The van der Waals surface area contributed by atoms with Crippen LogP contribution in [0.2, 0.25) is 0 Å². The van der Waals surface area contributed by atoms with Gasteiger partial charge < -0.3 is 19.5 Å². The highest BCUT2D eigenvalue weighted by Crippen LogP contribution is 2.33. The first-order valence-corrected chi connectivity index (χ1v) is 7.19. The van der Waals surface area contributed by atoms with Gasteiger partial charge in [0.05, 0.1) is 25.8 Å². The molecule has 0 aliphatic rings. The molecule has 0 heterocycles. The Kier molecular flexibility index (Phi) is 6.69. The minimum Gasteiger partial charge on any atom is -0.497 e. The number of methoxy groups -OCH3 is 2. The predicted molar refractivity (Wildman–Crippen MR) is 83.6 cm³/mol. The number of ether oxygens (including phenoxy) is 2. The maximum absolute atomic E-state index is 12.4. The molecule has 22 heavy (non-hydrogen) atoms. The second-order valence-electron chi connectivity index (χ2n) is 5.03. The molecule has 0 aromatic heterocycles. The van der Waals surface area contributed by atoms with E-state index in [-0.39, 0.29) is 12.5 Å². The summed E-state index contributed by atoms with van der Waals surface area (Å²) in [5.41, 5.74) is 0.551. The van der Waals surface area contributed by atoms with Crippen molar-refractivity contribution in [3.05, 3.63) is 18.2 Å². The summed E-state index contributed by atoms with van der Waals surface area (Å²) >= 11 is 0. The van der Waals surface area contributed by atoms with Crippen molar-refractivity contribution in [1.82, 2.24) is 0 Å². The van der Waals surface area contributed by atoms with E-state index < -0.39 is 11.9 Å². The van der Waals surface area contributed by atoms with Crippen molar-refractivity contribution >= 4 is 17.6 Å². The van der Waals surface area contributed by atoms with Gasteiger partial charge in [-0.15, -0.1) is 0 Å². The number of amides is 1. The highest BCUT2D eigenvalue weighted by atomic mass is 16.5. The van der Waals surface area contributed by atoms with Crippen LogP contribution in [0, 0.1) is 5.92 Å². The van der Waals surface area contributed by atoms with Crippen LogP contribution in [0.25, 0.3) is 0 Å². The number of rotatable bonds is 8. The third kappa shape index (κ3) is 4.38. The normalized spacial score (nSPS) is 11.6. The molecule has 1 unspecified atom stereocenters. The number of carbonyl (C=O) groups is 2. The van der Waals surface area contributed by atoms with E-state index in [1.807, 2.05) is 6.92 Å². The third-order valence-electron chi connectivity index (χ3n) is 3.32. The van der Waals surface area contributed by atoms with Crippen LogP contribution in [0.4, 0.5) is 5.69 Å². The molecule has 6 heteroatoms. The minimum absolute atomic E-state index is 0.0941. The lowest BCUT2D eigenvalue weighted by molar-refractivity contribution is -0.140. The molecule has 0 spiro atoms. The summed E-state index contributed by atoms with van der Waals surface area (Å²) in [4.78, 5) is 25.0. The summed E-state index contributed by atoms with van der Waals surface area (Å²) in [5.74, 6) is -0.662. The molecule has 1 atom stereocenters. The van der Waals surface area contributed by atoms with Crippen molar-refractivity contribution in [3.8, 4) is 11.5 Å². The van der Waals surface area contributed by atoms with Crippen molar-refractivity contribution in [3.63, 3.8) is 0 Å². The van der Waals surface area contributed by atoms with E-state index in [1.165, 1.54) is 12.0 Å². The van der Waals surface area contributed by atoms with Gasteiger partial charge in [-0.05, 0) is 18.6 Å². The lowest BCUT2D eigenvalue weighted by atomic mass is 10.1. The maximum atomic E-state index is 12.4. The number of carboxylic acid groups (broad SMARTS) is 1. The lowest BCUT2D eigenvalue weighted by Crippen LogP contribution is -2.37. The zero-order chi connectivity index (χ0) is 16.7. The molecule has 0 saturated heterocycles. The van der Waals surface area contributed by atoms with Crippen LogP contribution in [0.3, 0.4) is 0 Å². The molecule has 1 rings (SSSR count).